The van der Waals surface area contributed by atoms with Gasteiger partial charge in [-0.05, 0) is 0 Å². The molecule has 1 saturated heterocycles. The Hall–Kier alpha value is -2.76. The summed E-state index contributed by atoms with van der Waals surface area (Å²) >= 11 is 0. The molecule has 0 radical (unpaired) electrons. The number of nitrogens with one attached hydrogen (secondary N) is 2. The number of hydrogen-bond acceptors (Lipinski definition) is 8. The number of H-pyrrole nitrogens is 1. The van der Waals surface area contributed by atoms with Gasteiger partial charge in [-0.25, -0.2) is 0 Å². The first-order valence-corrected chi connectivity index (χ1v) is 8.86. The van der Waals surface area contributed by atoms with Crippen LogP contribution in [0.3, 0.4) is 0 Å². The van der Waals surface area contributed by atoms with E-state index in [2.05, 4.69) is 26.8 Å². The minimum atomic E-state index is -0.901. The highest BCUT2D eigenvalue weighted by atomic mass is 16.6. The van der Waals surface area contributed by atoms with Crippen LogP contribution in [0.1, 0.15) is 26.5 Å². The standard InChI is InChI=1S/C17H23N5O6/c1-4-5-27-17-18-12-13(22(17)11-6-9(24)10(7-23)28-11)19-16(21-15(12)26)20-14(25)8(2)3/h4,8-11,23-24H,1,5-7H2,2-3H3,(H2,19,20,21,25,26)/t9-,10+,11+/m0/s1. The van der Waals surface area contributed by atoms with E-state index in [0.29, 0.717) is 0 Å². The lowest BCUT2D eigenvalue weighted by molar-refractivity contribution is -0.118. The molecule has 11 nitrogen and oxygen atoms in total. The summed E-state index contributed by atoms with van der Waals surface area (Å²) in [5.41, 5.74) is -0.451. The van der Waals surface area contributed by atoms with Gasteiger partial charge in [-0.2, -0.15) is 9.97 Å². The van der Waals surface area contributed by atoms with Gasteiger partial charge in [-0.3, -0.25) is 24.5 Å². The number of aliphatic hydroxyl groups is 2. The summed E-state index contributed by atoms with van der Waals surface area (Å²) in [7, 11) is 0. The molecule has 28 heavy (non-hydrogen) atoms. The fraction of sp³-hybridized carbons (Fsp3) is 0.529. The van der Waals surface area contributed by atoms with Crippen molar-refractivity contribution in [1.82, 2.24) is 19.5 Å². The van der Waals surface area contributed by atoms with E-state index in [1.54, 1.807) is 13.8 Å². The molecule has 3 atom stereocenters. The van der Waals surface area contributed by atoms with Crippen molar-refractivity contribution in [3.05, 3.63) is 23.0 Å². The molecule has 1 aliphatic heterocycles. The van der Waals surface area contributed by atoms with E-state index in [9.17, 15) is 19.8 Å². The first-order chi connectivity index (χ1) is 13.3. The van der Waals surface area contributed by atoms with E-state index in [1.165, 1.54) is 10.6 Å². The number of carbonyl (C=O) groups excluding carboxylic acids is 1. The maximum absolute atomic E-state index is 12.5. The van der Waals surface area contributed by atoms with Gasteiger partial charge >= 0.3 is 6.01 Å². The van der Waals surface area contributed by atoms with Crippen molar-refractivity contribution in [2.45, 2.75) is 38.7 Å². The van der Waals surface area contributed by atoms with Crippen molar-refractivity contribution in [2.24, 2.45) is 5.92 Å². The van der Waals surface area contributed by atoms with E-state index in [-0.39, 0.29) is 54.6 Å². The SMILES string of the molecule is C=CCOc1nc2c(=O)[nH]c(NC(=O)C(C)C)nc2n1[C@H]1C[C@H](O)[C@@H](CO)O1. The van der Waals surface area contributed by atoms with Crippen molar-refractivity contribution in [1.29, 1.82) is 0 Å². The largest absolute Gasteiger partial charge is 0.460 e. The summed E-state index contributed by atoms with van der Waals surface area (Å²) in [6.07, 6.45) is -0.793. The van der Waals surface area contributed by atoms with E-state index < -0.39 is 24.0 Å². The van der Waals surface area contributed by atoms with Crippen LogP contribution in [0.15, 0.2) is 17.4 Å². The number of imidazole rings is 1. The molecule has 11 heteroatoms. The number of rotatable bonds is 7. The van der Waals surface area contributed by atoms with Crippen LogP contribution in [0.2, 0.25) is 0 Å². The van der Waals surface area contributed by atoms with Crippen LogP contribution in [-0.4, -0.2) is 61.1 Å². The van der Waals surface area contributed by atoms with Crippen molar-refractivity contribution in [2.75, 3.05) is 18.5 Å². The molecule has 2 aromatic heterocycles. The van der Waals surface area contributed by atoms with E-state index in [0.717, 1.165) is 0 Å². The smallest absolute Gasteiger partial charge is 0.301 e. The average Bonchev–Trinajstić information content (AvgIpc) is 3.19. The second-order valence-electron chi connectivity index (χ2n) is 6.71. The zero-order valence-electron chi connectivity index (χ0n) is 15.6. The van der Waals surface area contributed by atoms with Gasteiger partial charge in [0, 0.05) is 12.3 Å². The summed E-state index contributed by atoms with van der Waals surface area (Å²) in [6, 6.07) is 0.0519. The van der Waals surface area contributed by atoms with Crippen LogP contribution in [0.4, 0.5) is 5.95 Å². The monoisotopic (exact) mass is 393 g/mol. The molecule has 4 N–H and O–H groups in total. The highest BCUT2D eigenvalue weighted by Crippen LogP contribution is 2.34. The molecule has 0 aliphatic carbocycles. The van der Waals surface area contributed by atoms with E-state index in [1.807, 2.05) is 0 Å². The third-order valence-electron chi connectivity index (χ3n) is 4.29. The highest BCUT2D eigenvalue weighted by Gasteiger charge is 2.37. The van der Waals surface area contributed by atoms with E-state index in [4.69, 9.17) is 9.47 Å². The van der Waals surface area contributed by atoms with Gasteiger partial charge in [-0.15, -0.1) is 0 Å². The van der Waals surface area contributed by atoms with Crippen LogP contribution < -0.4 is 15.6 Å². The number of aliphatic hydroxyl groups excluding tert-OH is 2. The summed E-state index contributed by atoms with van der Waals surface area (Å²) in [5.74, 6) is -0.662. The van der Waals surface area contributed by atoms with E-state index >= 15 is 0 Å². The third-order valence-corrected chi connectivity index (χ3v) is 4.29. The Morgan fingerprint density at radius 3 is 2.89 bits per heavy atom. The lowest BCUT2D eigenvalue weighted by Gasteiger charge is -2.16. The van der Waals surface area contributed by atoms with Crippen molar-refractivity contribution in [3.8, 4) is 6.01 Å². The lowest BCUT2D eigenvalue weighted by atomic mass is 10.2. The fourth-order valence-corrected chi connectivity index (χ4v) is 2.82. The molecular formula is C17H23N5O6. The maximum Gasteiger partial charge on any atom is 0.301 e. The average molecular weight is 393 g/mol. The molecule has 2 aromatic rings. The summed E-state index contributed by atoms with van der Waals surface area (Å²) in [6.45, 7) is 6.75. The number of fused-ring (bicyclic) bond motifs is 1. The topological polar surface area (TPSA) is 152 Å². The fourth-order valence-electron chi connectivity index (χ4n) is 2.82. The zero-order valence-corrected chi connectivity index (χ0v) is 15.6. The Labute approximate surface area is 160 Å². The molecule has 0 spiro atoms. The summed E-state index contributed by atoms with van der Waals surface area (Å²) in [5, 5.41) is 21.9. The number of hydrogen-bond donors (Lipinski definition) is 4. The normalized spacial score (nSPS) is 22.0. The number of nitrogens with zero attached hydrogens (tertiary/aromatic N) is 3. The first kappa shape index (κ1) is 20.0. The molecule has 1 fully saturated rings. The maximum atomic E-state index is 12.5. The number of ether oxygens (including phenoxy) is 2. The van der Waals surface area contributed by atoms with Crippen molar-refractivity contribution in [3.63, 3.8) is 0 Å². The molecule has 3 heterocycles. The highest BCUT2D eigenvalue weighted by molar-refractivity contribution is 5.91. The van der Waals surface area contributed by atoms with Gasteiger partial charge in [-0.1, -0.05) is 26.5 Å². The quantitative estimate of drug-likeness (QED) is 0.477. The minimum Gasteiger partial charge on any atom is -0.460 e. The van der Waals surface area contributed by atoms with Crippen LogP contribution >= 0.6 is 0 Å². The Morgan fingerprint density at radius 1 is 1.54 bits per heavy atom. The van der Waals surface area contributed by atoms with Gasteiger partial charge in [0.2, 0.25) is 11.9 Å². The molecule has 152 valence electrons. The number of carbonyl (C=O) groups is 1. The number of aromatic amines is 1. The molecule has 3 rings (SSSR count). The third kappa shape index (κ3) is 3.77. The molecule has 0 aromatic carbocycles. The Balaban J connectivity index is 2.09. The van der Waals surface area contributed by atoms with Gasteiger partial charge in [0.15, 0.2) is 11.2 Å². The zero-order chi connectivity index (χ0) is 20.4. The Bertz CT molecular complexity index is 936. The minimum absolute atomic E-state index is 0.00727. The molecular weight excluding hydrogens is 370 g/mol. The van der Waals surface area contributed by atoms with Gasteiger partial charge < -0.3 is 19.7 Å². The number of aromatic nitrogens is 4. The molecule has 0 unspecified atom stereocenters. The summed E-state index contributed by atoms with van der Waals surface area (Å²) in [4.78, 5) is 35.4. The van der Waals surface area contributed by atoms with Crippen molar-refractivity contribution >= 4 is 23.0 Å². The molecule has 1 amide bonds. The van der Waals surface area contributed by atoms with Crippen molar-refractivity contribution < 1.29 is 24.5 Å². The predicted octanol–water partition coefficient (Wildman–Crippen LogP) is -0.0804. The lowest BCUT2D eigenvalue weighted by Crippen LogP contribution is -2.24. The van der Waals surface area contributed by atoms with Gasteiger partial charge in [0.1, 0.15) is 18.9 Å². The van der Waals surface area contributed by atoms with Crippen LogP contribution in [0.25, 0.3) is 11.2 Å². The van der Waals surface area contributed by atoms with Gasteiger partial charge in [0.05, 0.1) is 12.7 Å². The Morgan fingerprint density at radius 2 is 2.29 bits per heavy atom. The second kappa shape index (κ2) is 8.09. The molecule has 0 bridgehead atoms. The molecule has 1 aliphatic rings. The Kier molecular flexibility index (Phi) is 5.77. The number of anilines is 1. The molecule has 0 saturated carbocycles. The number of amides is 1. The van der Waals surface area contributed by atoms with Gasteiger partial charge in [0.25, 0.3) is 5.56 Å². The predicted molar refractivity (Wildman–Crippen MR) is 98.9 cm³/mol. The summed E-state index contributed by atoms with van der Waals surface area (Å²) < 4.78 is 12.6. The van der Waals surface area contributed by atoms with Crippen LogP contribution in [-0.2, 0) is 9.53 Å². The van der Waals surface area contributed by atoms with Crippen LogP contribution in [0.5, 0.6) is 6.01 Å². The van der Waals surface area contributed by atoms with Crippen LogP contribution in [0, 0.1) is 5.92 Å². The second-order valence-corrected chi connectivity index (χ2v) is 6.71. The first-order valence-electron chi connectivity index (χ1n) is 8.86.